The van der Waals surface area contributed by atoms with Crippen molar-refractivity contribution in [3.05, 3.63) is 35.4 Å². The first kappa shape index (κ1) is 13.2. The van der Waals surface area contributed by atoms with Gasteiger partial charge in [-0.15, -0.1) is 0 Å². The molecule has 2 nitrogen and oxygen atoms in total. The van der Waals surface area contributed by atoms with Gasteiger partial charge in [0.05, 0.1) is 6.61 Å². The van der Waals surface area contributed by atoms with E-state index in [9.17, 15) is 0 Å². The van der Waals surface area contributed by atoms with Crippen LogP contribution in [0.3, 0.4) is 0 Å². The highest BCUT2D eigenvalue weighted by atomic mass is 16.5. The smallest absolute Gasteiger partial charge is 0.0720 e. The molecule has 1 aromatic rings. The molecule has 1 aromatic carbocycles. The van der Waals surface area contributed by atoms with Gasteiger partial charge in [0, 0.05) is 13.2 Å². The molecular formula is C14H23NO. The van der Waals surface area contributed by atoms with Crippen LogP contribution in [0.15, 0.2) is 24.3 Å². The van der Waals surface area contributed by atoms with Crippen molar-refractivity contribution in [2.45, 2.75) is 39.3 Å². The lowest BCUT2D eigenvalue weighted by atomic mass is 10.1. The second-order valence-corrected chi connectivity index (χ2v) is 4.06. The predicted molar refractivity (Wildman–Crippen MR) is 68.4 cm³/mol. The first-order chi connectivity index (χ1) is 7.88. The minimum Gasteiger partial charge on any atom is -0.377 e. The molecule has 0 radical (unpaired) electrons. The summed E-state index contributed by atoms with van der Waals surface area (Å²) in [5, 5.41) is 3.18. The highest BCUT2D eigenvalue weighted by molar-refractivity contribution is 5.26. The molecule has 16 heavy (non-hydrogen) atoms. The Kier molecular flexibility index (Phi) is 6.86. The SMILES string of the molecule is CCCCCOCc1ccccc1CNC. The Morgan fingerprint density at radius 1 is 1.12 bits per heavy atom. The molecule has 0 amide bonds. The number of benzene rings is 1. The van der Waals surface area contributed by atoms with Crippen molar-refractivity contribution in [2.75, 3.05) is 13.7 Å². The molecule has 0 bridgehead atoms. The van der Waals surface area contributed by atoms with Crippen molar-refractivity contribution in [3.63, 3.8) is 0 Å². The number of unbranched alkanes of at least 4 members (excludes halogenated alkanes) is 2. The first-order valence-corrected chi connectivity index (χ1v) is 6.17. The molecule has 0 aliphatic heterocycles. The summed E-state index contributed by atoms with van der Waals surface area (Å²) in [6, 6.07) is 8.45. The van der Waals surface area contributed by atoms with Crippen molar-refractivity contribution in [1.29, 1.82) is 0 Å². The van der Waals surface area contributed by atoms with Gasteiger partial charge in [-0.25, -0.2) is 0 Å². The second kappa shape index (κ2) is 8.31. The molecular weight excluding hydrogens is 198 g/mol. The molecule has 0 heterocycles. The van der Waals surface area contributed by atoms with Crippen molar-refractivity contribution < 1.29 is 4.74 Å². The van der Waals surface area contributed by atoms with E-state index in [-0.39, 0.29) is 0 Å². The maximum absolute atomic E-state index is 5.68. The van der Waals surface area contributed by atoms with Crippen LogP contribution in [0, 0.1) is 0 Å². The summed E-state index contributed by atoms with van der Waals surface area (Å²) in [5.41, 5.74) is 2.63. The number of ether oxygens (including phenoxy) is 1. The quantitative estimate of drug-likeness (QED) is 0.681. The van der Waals surface area contributed by atoms with E-state index in [1.54, 1.807) is 0 Å². The van der Waals surface area contributed by atoms with Crippen LogP contribution in [0.5, 0.6) is 0 Å². The summed E-state index contributed by atoms with van der Waals surface area (Å²) < 4.78 is 5.68. The summed E-state index contributed by atoms with van der Waals surface area (Å²) in [5.74, 6) is 0. The number of rotatable bonds is 8. The van der Waals surface area contributed by atoms with Gasteiger partial charge in [0.25, 0.3) is 0 Å². The Balaban J connectivity index is 2.34. The molecule has 0 aliphatic rings. The molecule has 0 saturated heterocycles. The second-order valence-electron chi connectivity index (χ2n) is 4.06. The van der Waals surface area contributed by atoms with Gasteiger partial charge >= 0.3 is 0 Å². The molecule has 90 valence electrons. The average molecular weight is 221 g/mol. The monoisotopic (exact) mass is 221 g/mol. The van der Waals surface area contributed by atoms with Crippen LogP contribution < -0.4 is 5.32 Å². The molecule has 0 spiro atoms. The third-order valence-electron chi connectivity index (χ3n) is 2.64. The van der Waals surface area contributed by atoms with E-state index in [2.05, 4.69) is 36.5 Å². The molecule has 0 fully saturated rings. The van der Waals surface area contributed by atoms with E-state index in [1.807, 2.05) is 7.05 Å². The Bertz CT molecular complexity index is 286. The third-order valence-corrected chi connectivity index (χ3v) is 2.64. The van der Waals surface area contributed by atoms with Crippen LogP contribution in [-0.2, 0) is 17.9 Å². The van der Waals surface area contributed by atoms with Crippen molar-refractivity contribution in [3.8, 4) is 0 Å². The van der Waals surface area contributed by atoms with E-state index in [0.29, 0.717) is 0 Å². The Morgan fingerprint density at radius 3 is 2.56 bits per heavy atom. The number of hydrogen-bond donors (Lipinski definition) is 1. The van der Waals surface area contributed by atoms with Gasteiger partial charge in [-0.1, -0.05) is 44.0 Å². The van der Waals surface area contributed by atoms with Gasteiger partial charge < -0.3 is 10.1 Å². The molecule has 0 aliphatic carbocycles. The van der Waals surface area contributed by atoms with Gasteiger partial charge in [0.15, 0.2) is 0 Å². The van der Waals surface area contributed by atoms with Gasteiger partial charge in [0.2, 0.25) is 0 Å². The standard InChI is InChI=1S/C14H23NO/c1-3-4-7-10-16-12-14-9-6-5-8-13(14)11-15-2/h5-6,8-9,15H,3-4,7,10-12H2,1-2H3. The number of nitrogens with one attached hydrogen (secondary N) is 1. The van der Waals surface area contributed by atoms with E-state index in [4.69, 9.17) is 4.74 Å². The zero-order chi connectivity index (χ0) is 11.6. The maximum Gasteiger partial charge on any atom is 0.0720 e. The van der Waals surface area contributed by atoms with Gasteiger partial charge in [-0.2, -0.15) is 0 Å². The van der Waals surface area contributed by atoms with E-state index < -0.39 is 0 Å². The van der Waals surface area contributed by atoms with Gasteiger partial charge in [0.1, 0.15) is 0 Å². The zero-order valence-corrected chi connectivity index (χ0v) is 10.5. The summed E-state index contributed by atoms with van der Waals surface area (Å²) in [6.07, 6.45) is 3.68. The normalized spacial score (nSPS) is 10.6. The summed E-state index contributed by atoms with van der Waals surface area (Å²) in [6.45, 7) is 4.74. The van der Waals surface area contributed by atoms with Gasteiger partial charge in [-0.3, -0.25) is 0 Å². The highest BCUT2D eigenvalue weighted by Crippen LogP contribution is 2.10. The molecule has 0 atom stereocenters. The molecule has 1 N–H and O–H groups in total. The van der Waals surface area contributed by atoms with Crippen LogP contribution in [0.4, 0.5) is 0 Å². The lowest BCUT2D eigenvalue weighted by molar-refractivity contribution is 0.116. The predicted octanol–water partition coefficient (Wildman–Crippen LogP) is 3.11. The van der Waals surface area contributed by atoms with Crippen LogP contribution >= 0.6 is 0 Å². The molecule has 0 unspecified atom stereocenters. The molecule has 0 saturated carbocycles. The largest absolute Gasteiger partial charge is 0.377 e. The topological polar surface area (TPSA) is 21.3 Å². The Morgan fingerprint density at radius 2 is 1.88 bits per heavy atom. The fourth-order valence-electron chi connectivity index (χ4n) is 1.70. The van der Waals surface area contributed by atoms with Crippen LogP contribution in [0.1, 0.15) is 37.3 Å². The summed E-state index contributed by atoms with van der Waals surface area (Å²) in [7, 11) is 1.97. The van der Waals surface area contributed by atoms with E-state index in [0.717, 1.165) is 19.8 Å². The highest BCUT2D eigenvalue weighted by Gasteiger charge is 2.00. The third kappa shape index (κ3) is 4.77. The number of hydrogen-bond acceptors (Lipinski definition) is 2. The fraction of sp³-hybridized carbons (Fsp3) is 0.571. The summed E-state index contributed by atoms with van der Waals surface area (Å²) >= 11 is 0. The first-order valence-electron chi connectivity index (χ1n) is 6.17. The van der Waals surface area contributed by atoms with Crippen LogP contribution in [0.25, 0.3) is 0 Å². The van der Waals surface area contributed by atoms with E-state index >= 15 is 0 Å². The minimum atomic E-state index is 0.738. The average Bonchev–Trinajstić information content (AvgIpc) is 2.31. The van der Waals surface area contributed by atoms with Crippen molar-refractivity contribution in [1.82, 2.24) is 5.32 Å². The van der Waals surface area contributed by atoms with Crippen molar-refractivity contribution >= 4 is 0 Å². The molecule has 1 rings (SSSR count). The Labute approximate surface area is 99.0 Å². The Hall–Kier alpha value is -0.860. The van der Waals surface area contributed by atoms with E-state index in [1.165, 1.54) is 30.4 Å². The van der Waals surface area contributed by atoms with Crippen molar-refractivity contribution in [2.24, 2.45) is 0 Å². The summed E-state index contributed by atoms with van der Waals surface area (Å²) in [4.78, 5) is 0. The lowest BCUT2D eigenvalue weighted by Crippen LogP contribution is -2.08. The molecule has 2 heteroatoms. The van der Waals surface area contributed by atoms with Crippen LogP contribution in [-0.4, -0.2) is 13.7 Å². The molecule has 0 aromatic heterocycles. The fourth-order valence-corrected chi connectivity index (χ4v) is 1.70. The lowest BCUT2D eigenvalue weighted by Gasteiger charge is -2.09. The zero-order valence-electron chi connectivity index (χ0n) is 10.5. The maximum atomic E-state index is 5.68. The van der Waals surface area contributed by atoms with Crippen LogP contribution in [0.2, 0.25) is 0 Å². The van der Waals surface area contributed by atoms with Gasteiger partial charge in [-0.05, 0) is 24.6 Å². The minimum absolute atomic E-state index is 0.738.